The molecule has 0 radical (unpaired) electrons. The highest BCUT2D eigenvalue weighted by molar-refractivity contribution is 5.40. The van der Waals surface area contributed by atoms with Crippen molar-refractivity contribution in [2.45, 2.75) is 20.4 Å². The maximum atomic E-state index is 4.46. The Balaban J connectivity index is 1.38. The third-order valence-corrected chi connectivity index (χ3v) is 4.69. The fraction of sp³-hybridized carbons (Fsp3) is 0.368. The van der Waals surface area contributed by atoms with E-state index in [0.717, 1.165) is 55.7 Å². The van der Waals surface area contributed by atoms with Gasteiger partial charge in [-0.05, 0) is 43.7 Å². The van der Waals surface area contributed by atoms with Crippen LogP contribution in [0.25, 0.3) is 5.82 Å². The van der Waals surface area contributed by atoms with Crippen molar-refractivity contribution in [3.05, 3.63) is 59.7 Å². The van der Waals surface area contributed by atoms with Crippen molar-refractivity contribution >= 4 is 5.82 Å². The number of nitrogens with zero attached hydrogens (tertiary/aromatic N) is 7. The van der Waals surface area contributed by atoms with Gasteiger partial charge in [0.2, 0.25) is 0 Å². The van der Waals surface area contributed by atoms with E-state index in [1.165, 1.54) is 5.56 Å². The van der Waals surface area contributed by atoms with Crippen LogP contribution in [0.3, 0.4) is 0 Å². The van der Waals surface area contributed by atoms with Crippen molar-refractivity contribution in [1.29, 1.82) is 0 Å². The molecule has 0 N–H and O–H groups in total. The molecule has 1 aliphatic rings. The van der Waals surface area contributed by atoms with Crippen molar-refractivity contribution in [3.63, 3.8) is 0 Å². The summed E-state index contributed by atoms with van der Waals surface area (Å²) in [6, 6.07) is 10.2. The number of aromatic nitrogens is 5. The highest BCUT2D eigenvalue weighted by atomic mass is 15.4. The van der Waals surface area contributed by atoms with Gasteiger partial charge in [-0.3, -0.25) is 9.88 Å². The zero-order valence-electron chi connectivity index (χ0n) is 15.2. The van der Waals surface area contributed by atoms with E-state index in [-0.39, 0.29) is 0 Å². The Morgan fingerprint density at radius 2 is 1.73 bits per heavy atom. The quantitative estimate of drug-likeness (QED) is 0.718. The van der Waals surface area contributed by atoms with Gasteiger partial charge < -0.3 is 4.90 Å². The first kappa shape index (κ1) is 16.7. The lowest BCUT2D eigenvalue weighted by molar-refractivity contribution is 0.249. The van der Waals surface area contributed by atoms with Crippen molar-refractivity contribution < 1.29 is 0 Å². The van der Waals surface area contributed by atoms with E-state index < -0.39 is 0 Å². The van der Waals surface area contributed by atoms with Gasteiger partial charge in [-0.25, -0.2) is 4.68 Å². The van der Waals surface area contributed by atoms with Gasteiger partial charge in [0.15, 0.2) is 11.6 Å². The van der Waals surface area contributed by atoms with E-state index in [4.69, 9.17) is 0 Å². The van der Waals surface area contributed by atoms with Crippen LogP contribution in [0.1, 0.15) is 17.0 Å². The molecule has 1 aliphatic heterocycles. The first-order valence-electron chi connectivity index (χ1n) is 8.92. The molecule has 1 saturated heterocycles. The molecule has 0 aromatic carbocycles. The Bertz CT molecular complexity index is 849. The molecule has 7 heteroatoms. The second kappa shape index (κ2) is 7.21. The molecular formula is C19H23N7. The van der Waals surface area contributed by atoms with Crippen LogP contribution in [0.15, 0.2) is 42.7 Å². The molecule has 0 atom stereocenters. The summed E-state index contributed by atoms with van der Waals surface area (Å²) < 4.78 is 1.83. The van der Waals surface area contributed by atoms with Crippen LogP contribution in [-0.2, 0) is 6.54 Å². The lowest BCUT2D eigenvalue weighted by atomic mass is 10.2. The van der Waals surface area contributed by atoms with E-state index in [1.807, 2.05) is 55.2 Å². The summed E-state index contributed by atoms with van der Waals surface area (Å²) in [7, 11) is 0. The molecule has 0 saturated carbocycles. The average molecular weight is 349 g/mol. The standard InChI is InChI=1S/C19H23N7/c1-15-12-16(2)26(23-15)19-6-5-18(21-22-19)25-10-8-24(9-11-25)14-17-4-3-7-20-13-17/h3-7,12-13H,8-11,14H2,1-2H3. The van der Waals surface area contributed by atoms with Gasteiger partial charge in [0.1, 0.15) is 0 Å². The van der Waals surface area contributed by atoms with Crippen LogP contribution < -0.4 is 4.90 Å². The minimum Gasteiger partial charge on any atom is -0.353 e. The normalized spacial score (nSPS) is 15.4. The van der Waals surface area contributed by atoms with Crippen LogP contribution >= 0.6 is 0 Å². The first-order valence-corrected chi connectivity index (χ1v) is 8.92. The van der Waals surface area contributed by atoms with E-state index in [0.29, 0.717) is 0 Å². The van der Waals surface area contributed by atoms with Gasteiger partial charge >= 0.3 is 0 Å². The summed E-state index contributed by atoms with van der Waals surface area (Å²) in [5.41, 5.74) is 3.31. The fourth-order valence-corrected chi connectivity index (χ4v) is 3.35. The van der Waals surface area contributed by atoms with Gasteiger partial charge in [-0.2, -0.15) is 5.10 Å². The second-order valence-corrected chi connectivity index (χ2v) is 6.71. The van der Waals surface area contributed by atoms with Crippen LogP contribution in [0.5, 0.6) is 0 Å². The summed E-state index contributed by atoms with van der Waals surface area (Å²) >= 11 is 0. The Morgan fingerprint density at radius 1 is 0.962 bits per heavy atom. The lowest BCUT2D eigenvalue weighted by Crippen LogP contribution is -2.46. The molecule has 0 amide bonds. The number of pyridine rings is 1. The monoisotopic (exact) mass is 349 g/mol. The molecule has 0 unspecified atom stereocenters. The number of piperazine rings is 1. The molecule has 0 spiro atoms. The maximum Gasteiger partial charge on any atom is 0.176 e. The van der Waals surface area contributed by atoms with Crippen molar-refractivity contribution in [2.75, 3.05) is 31.1 Å². The molecule has 3 aromatic heterocycles. The smallest absolute Gasteiger partial charge is 0.176 e. The Labute approximate surface area is 153 Å². The van der Waals surface area contributed by atoms with Gasteiger partial charge in [0.05, 0.1) is 5.69 Å². The molecule has 4 heterocycles. The van der Waals surface area contributed by atoms with E-state index in [9.17, 15) is 0 Å². The van der Waals surface area contributed by atoms with Gasteiger partial charge in [0.25, 0.3) is 0 Å². The third kappa shape index (κ3) is 3.57. The molecule has 134 valence electrons. The molecule has 26 heavy (non-hydrogen) atoms. The maximum absolute atomic E-state index is 4.46. The van der Waals surface area contributed by atoms with Crippen molar-refractivity contribution in [1.82, 2.24) is 29.9 Å². The van der Waals surface area contributed by atoms with Crippen LogP contribution in [0.2, 0.25) is 0 Å². The van der Waals surface area contributed by atoms with Crippen LogP contribution in [0, 0.1) is 13.8 Å². The zero-order chi connectivity index (χ0) is 17.9. The molecule has 4 rings (SSSR count). The van der Waals surface area contributed by atoms with Gasteiger partial charge in [0, 0.05) is 50.8 Å². The van der Waals surface area contributed by atoms with Crippen molar-refractivity contribution in [3.8, 4) is 5.82 Å². The van der Waals surface area contributed by atoms with Gasteiger partial charge in [-0.15, -0.1) is 10.2 Å². The van der Waals surface area contributed by atoms with Crippen molar-refractivity contribution in [2.24, 2.45) is 0 Å². The Morgan fingerprint density at radius 3 is 2.35 bits per heavy atom. The average Bonchev–Trinajstić information content (AvgIpc) is 3.02. The predicted molar refractivity (Wildman–Crippen MR) is 100 cm³/mol. The fourth-order valence-electron chi connectivity index (χ4n) is 3.35. The van der Waals surface area contributed by atoms with E-state index >= 15 is 0 Å². The number of rotatable bonds is 4. The zero-order valence-corrected chi connectivity index (χ0v) is 15.2. The minimum atomic E-state index is 0.759. The summed E-state index contributed by atoms with van der Waals surface area (Å²) in [4.78, 5) is 8.93. The lowest BCUT2D eigenvalue weighted by Gasteiger charge is -2.35. The van der Waals surface area contributed by atoms with Crippen LogP contribution in [0.4, 0.5) is 5.82 Å². The SMILES string of the molecule is Cc1cc(C)n(-c2ccc(N3CCN(Cc4cccnc4)CC3)nn2)n1. The molecule has 0 bridgehead atoms. The number of aryl methyl sites for hydroxylation is 2. The molecule has 0 aliphatic carbocycles. The molecule has 3 aromatic rings. The minimum absolute atomic E-state index is 0.759. The summed E-state index contributed by atoms with van der Waals surface area (Å²) in [5, 5.41) is 13.3. The molecular weight excluding hydrogens is 326 g/mol. The summed E-state index contributed by atoms with van der Waals surface area (Å²) in [5.74, 6) is 1.69. The first-order chi connectivity index (χ1) is 12.7. The largest absolute Gasteiger partial charge is 0.353 e. The predicted octanol–water partition coefficient (Wildman–Crippen LogP) is 2.00. The summed E-state index contributed by atoms with van der Waals surface area (Å²) in [6.45, 7) is 8.88. The number of hydrogen-bond donors (Lipinski definition) is 0. The van der Waals surface area contributed by atoms with E-state index in [1.54, 1.807) is 0 Å². The Kier molecular flexibility index (Phi) is 4.62. The van der Waals surface area contributed by atoms with Crippen LogP contribution in [-0.4, -0.2) is 56.0 Å². The summed E-state index contributed by atoms with van der Waals surface area (Å²) in [6.07, 6.45) is 3.76. The Hall–Kier alpha value is -2.80. The number of anilines is 1. The highest BCUT2D eigenvalue weighted by Crippen LogP contribution is 2.16. The topological polar surface area (TPSA) is 63.0 Å². The highest BCUT2D eigenvalue weighted by Gasteiger charge is 2.18. The number of hydrogen-bond acceptors (Lipinski definition) is 6. The van der Waals surface area contributed by atoms with E-state index in [2.05, 4.69) is 36.1 Å². The molecule has 7 nitrogen and oxygen atoms in total. The van der Waals surface area contributed by atoms with Gasteiger partial charge in [-0.1, -0.05) is 6.07 Å². The second-order valence-electron chi connectivity index (χ2n) is 6.71. The third-order valence-electron chi connectivity index (χ3n) is 4.69. The molecule has 1 fully saturated rings.